The van der Waals surface area contributed by atoms with E-state index >= 15 is 0 Å². The summed E-state index contributed by atoms with van der Waals surface area (Å²) in [4.78, 5) is 8.48. The SMILES string of the molecule is COc1ccc(-c2nn(-c3nc(-c4ccccc4)cc(C(F)(F)F)n3)c(-c3ccc(OC)c(OC)c3)c2C)cc1OC. The fourth-order valence-electron chi connectivity index (χ4n) is 4.65. The number of hydrogen-bond donors (Lipinski definition) is 0. The molecular formula is C31H27F3N4O4. The van der Waals surface area contributed by atoms with Gasteiger partial charge in [-0.1, -0.05) is 30.3 Å². The molecule has 0 saturated heterocycles. The van der Waals surface area contributed by atoms with Gasteiger partial charge in [0.05, 0.1) is 45.5 Å². The molecule has 5 aromatic rings. The second-order valence-electron chi connectivity index (χ2n) is 9.18. The van der Waals surface area contributed by atoms with Crippen molar-refractivity contribution in [3.8, 4) is 62.7 Å². The normalized spacial score (nSPS) is 11.3. The van der Waals surface area contributed by atoms with Crippen LogP contribution in [0.15, 0.2) is 72.8 Å². The van der Waals surface area contributed by atoms with Crippen LogP contribution in [0.3, 0.4) is 0 Å². The number of hydrogen-bond acceptors (Lipinski definition) is 7. The Morgan fingerprint density at radius 3 is 1.79 bits per heavy atom. The van der Waals surface area contributed by atoms with Crippen molar-refractivity contribution < 1.29 is 32.1 Å². The van der Waals surface area contributed by atoms with Gasteiger partial charge in [0, 0.05) is 22.3 Å². The fourth-order valence-corrected chi connectivity index (χ4v) is 4.65. The van der Waals surface area contributed by atoms with Crippen molar-refractivity contribution in [3.05, 3.63) is 84.1 Å². The summed E-state index contributed by atoms with van der Waals surface area (Å²) in [5, 5.41) is 4.77. The molecule has 0 aliphatic rings. The maximum absolute atomic E-state index is 14.1. The van der Waals surface area contributed by atoms with Gasteiger partial charge in [-0.05, 0) is 49.4 Å². The molecule has 0 N–H and O–H groups in total. The van der Waals surface area contributed by atoms with Crippen LogP contribution in [-0.2, 0) is 6.18 Å². The maximum atomic E-state index is 14.1. The molecule has 0 saturated carbocycles. The van der Waals surface area contributed by atoms with Gasteiger partial charge in [-0.2, -0.15) is 23.0 Å². The summed E-state index contributed by atoms with van der Waals surface area (Å²) in [6.07, 6.45) is -4.72. The van der Waals surface area contributed by atoms with Crippen molar-refractivity contribution in [1.82, 2.24) is 19.7 Å². The Balaban J connectivity index is 1.81. The van der Waals surface area contributed by atoms with Crippen LogP contribution in [0.2, 0.25) is 0 Å². The van der Waals surface area contributed by atoms with Crippen molar-refractivity contribution in [2.75, 3.05) is 28.4 Å². The Labute approximate surface area is 240 Å². The molecule has 5 rings (SSSR count). The number of ether oxygens (including phenoxy) is 4. The van der Waals surface area contributed by atoms with E-state index in [9.17, 15) is 13.2 Å². The Kier molecular flexibility index (Phi) is 7.75. The second-order valence-corrected chi connectivity index (χ2v) is 9.18. The van der Waals surface area contributed by atoms with E-state index in [1.807, 2.05) is 6.92 Å². The van der Waals surface area contributed by atoms with E-state index in [1.54, 1.807) is 66.7 Å². The molecule has 11 heteroatoms. The third-order valence-corrected chi connectivity index (χ3v) is 6.70. The number of rotatable bonds is 8. The van der Waals surface area contributed by atoms with E-state index in [-0.39, 0.29) is 11.6 Å². The predicted molar refractivity (Wildman–Crippen MR) is 151 cm³/mol. The first-order chi connectivity index (χ1) is 20.2. The largest absolute Gasteiger partial charge is 0.493 e. The maximum Gasteiger partial charge on any atom is 0.433 e. The number of methoxy groups -OCH3 is 4. The molecule has 3 aromatic carbocycles. The number of halogens is 3. The summed E-state index contributed by atoms with van der Waals surface area (Å²) in [6.45, 7) is 1.83. The predicted octanol–water partition coefficient (Wildman–Crippen LogP) is 7.02. The van der Waals surface area contributed by atoms with Crippen LogP contribution in [0.25, 0.3) is 39.7 Å². The van der Waals surface area contributed by atoms with Gasteiger partial charge in [-0.15, -0.1) is 0 Å². The number of nitrogens with zero attached hydrogens (tertiary/aromatic N) is 4. The first kappa shape index (κ1) is 28.5. The van der Waals surface area contributed by atoms with Crippen LogP contribution in [0.5, 0.6) is 23.0 Å². The molecule has 0 amide bonds. The molecule has 0 aliphatic carbocycles. The quantitative estimate of drug-likeness (QED) is 0.196. The van der Waals surface area contributed by atoms with Crippen LogP contribution >= 0.6 is 0 Å². The summed E-state index contributed by atoms with van der Waals surface area (Å²) < 4.78 is 65.4. The van der Waals surface area contributed by atoms with Gasteiger partial charge in [-0.25, -0.2) is 9.97 Å². The molecule has 0 fully saturated rings. The van der Waals surface area contributed by atoms with Gasteiger partial charge in [0.15, 0.2) is 28.7 Å². The van der Waals surface area contributed by atoms with Gasteiger partial charge in [0.25, 0.3) is 5.95 Å². The minimum atomic E-state index is -4.72. The smallest absolute Gasteiger partial charge is 0.433 e. The van der Waals surface area contributed by atoms with Gasteiger partial charge < -0.3 is 18.9 Å². The van der Waals surface area contributed by atoms with E-state index in [4.69, 9.17) is 24.0 Å². The molecule has 216 valence electrons. The van der Waals surface area contributed by atoms with Crippen LogP contribution in [0.4, 0.5) is 13.2 Å². The zero-order valence-corrected chi connectivity index (χ0v) is 23.5. The molecule has 2 heterocycles. The Bertz CT molecular complexity index is 1740. The van der Waals surface area contributed by atoms with E-state index in [1.165, 1.54) is 33.1 Å². The summed E-state index contributed by atoms with van der Waals surface area (Å²) >= 11 is 0. The summed E-state index contributed by atoms with van der Waals surface area (Å²) in [5.74, 6) is 1.67. The molecule has 0 spiro atoms. The highest BCUT2D eigenvalue weighted by Gasteiger charge is 2.35. The standard InChI is InChI=1S/C31H27F3N4O4/c1-18-28(20-11-13-23(39-2)25(15-20)41-4)37-38(29(18)21-12-14-24(40-3)26(16-21)42-5)30-35-22(19-9-7-6-8-10-19)17-27(36-30)31(32,33)34/h6-17H,1-5H3. The molecule has 0 aliphatic heterocycles. The average molecular weight is 577 g/mol. The third kappa shape index (κ3) is 5.32. The number of benzene rings is 3. The highest BCUT2D eigenvalue weighted by molar-refractivity contribution is 5.77. The average Bonchev–Trinajstić information content (AvgIpc) is 3.36. The lowest BCUT2D eigenvalue weighted by Crippen LogP contribution is -2.14. The van der Waals surface area contributed by atoms with Crippen molar-refractivity contribution in [1.29, 1.82) is 0 Å². The number of aromatic nitrogens is 4. The van der Waals surface area contributed by atoms with E-state index in [0.717, 1.165) is 6.07 Å². The Hall–Kier alpha value is -5.06. The molecule has 2 aromatic heterocycles. The molecule has 0 unspecified atom stereocenters. The second kappa shape index (κ2) is 11.4. The van der Waals surface area contributed by atoms with Gasteiger partial charge in [-0.3, -0.25) is 0 Å². The molecule has 42 heavy (non-hydrogen) atoms. The first-order valence-electron chi connectivity index (χ1n) is 12.7. The molecule has 0 atom stereocenters. The van der Waals surface area contributed by atoms with E-state index in [0.29, 0.717) is 56.6 Å². The first-order valence-corrected chi connectivity index (χ1v) is 12.7. The minimum absolute atomic E-state index is 0.104. The summed E-state index contributed by atoms with van der Waals surface area (Å²) in [5.41, 5.74) is 2.40. The molecule has 8 nitrogen and oxygen atoms in total. The van der Waals surface area contributed by atoms with Crippen molar-refractivity contribution in [3.63, 3.8) is 0 Å². The van der Waals surface area contributed by atoms with Gasteiger partial charge in [0.1, 0.15) is 0 Å². The zero-order chi connectivity index (χ0) is 30.0. The summed E-state index contributed by atoms with van der Waals surface area (Å²) in [6, 6.07) is 20.0. The van der Waals surface area contributed by atoms with Crippen LogP contribution in [-0.4, -0.2) is 48.2 Å². The van der Waals surface area contributed by atoms with Crippen LogP contribution in [0.1, 0.15) is 11.3 Å². The monoisotopic (exact) mass is 576 g/mol. The number of alkyl halides is 3. The van der Waals surface area contributed by atoms with E-state index in [2.05, 4.69) is 9.97 Å². The molecular weight excluding hydrogens is 549 g/mol. The Morgan fingerprint density at radius 1 is 0.643 bits per heavy atom. The van der Waals surface area contributed by atoms with Gasteiger partial charge in [0.2, 0.25) is 0 Å². The van der Waals surface area contributed by atoms with Crippen LogP contribution in [0, 0.1) is 6.92 Å². The zero-order valence-electron chi connectivity index (χ0n) is 23.5. The lowest BCUT2D eigenvalue weighted by atomic mass is 10.0. The highest BCUT2D eigenvalue weighted by Crippen LogP contribution is 2.40. The lowest BCUT2D eigenvalue weighted by molar-refractivity contribution is -0.141. The summed E-state index contributed by atoms with van der Waals surface area (Å²) in [7, 11) is 6.07. The van der Waals surface area contributed by atoms with Crippen molar-refractivity contribution >= 4 is 0 Å². The highest BCUT2D eigenvalue weighted by atomic mass is 19.4. The molecule has 0 bridgehead atoms. The van der Waals surface area contributed by atoms with Gasteiger partial charge >= 0.3 is 6.18 Å². The van der Waals surface area contributed by atoms with Crippen molar-refractivity contribution in [2.24, 2.45) is 0 Å². The minimum Gasteiger partial charge on any atom is -0.493 e. The third-order valence-electron chi connectivity index (χ3n) is 6.70. The lowest BCUT2D eigenvalue weighted by Gasteiger charge is -2.14. The molecule has 0 radical (unpaired) electrons. The fraction of sp³-hybridized carbons (Fsp3) is 0.194. The van der Waals surface area contributed by atoms with Crippen molar-refractivity contribution in [2.45, 2.75) is 13.1 Å². The van der Waals surface area contributed by atoms with Crippen LogP contribution < -0.4 is 18.9 Å². The topological polar surface area (TPSA) is 80.5 Å². The van der Waals surface area contributed by atoms with E-state index < -0.39 is 11.9 Å². The Morgan fingerprint density at radius 2 is 1.21 bits per heavy atom.